The molecule has 26 heavy (non-hydrogen) atoms. The first-order valence-electron chi connectivity index (χ1n) is 8.73. The van der Waals surface area contributed by atoms with Crippen molar-refractivity contribution >= 4 is 5.78 Å². The van der Waals surface area contributed by atoms with Gasteiger partial charge in [-0.3, -0.25) is 4.79 Å². The van der Waals surface area contributed by atoms with Crippen molar-refractivity contribution in [1.82, 2.24) is 0 Å². The number of hydrogen-bond acceptors (Lipinski definition) is 3. The van der Waals surface area contributed by atoms with Crippen LogP contribution in [0.5, 0.6) is 0 Å². The van der Waals surface area contributed by atoms with Gasteiger partial charge in [-0.2, -0.15) is 5.26 Å². The first kappa shape index (κ1) is 19.5. The van der Waals surface area contributed by atoms with Crippen LogP contribution in [0, 0.1) is 18.3 Å². The SMILES string of the molecule is CC(=O)C(=C(C)C)C(C1=CC(C)=CCC=C1O)c1ccc(C#N)cc1C. The number of ketones is 1. The minimum atomic E-state index is -0.372. The van der Waals surface area contributed by atoms with Crippen LogP contribution in [0.25, 0.3) is 0 Å². The highest BCUT2D eigenvalue weighted by atomic mass is 16.3. The Hall–Kier alpha value is -2.86. The lowest BCUT2D eigenvalue weighted by Crippen LogP contribution is -2.16. The molecule has 1 aliphatic rings. The summed E-state index contributed by atoms with van der Waals surface area (Å²) < 4.78 is 0. The molecule has 1 N–H and O–H groups in total. The summed E-state index contributed by atoms with van der Waals surface area (Å²) in [6.07, 6.45) is 6.42. The normalized spacial score (nSPS) is 15.0. The van der Waals surface area contributed by atoms with E-state index in [1.54, 1.807) is 19.1 Å². The standard InChI is InChI=1S/C23H25NO2/c1-14(2)22(17(5)25)23(19-10-9-18(13-24)12-16(19)4)20-11-15(3)7-6-8-21(20)26/h7-12,23,26H,6H2,1-5H3. The van der Waals surface area contributed by atoms with E-state index in [0.717, 1.165) is 27.8 Å². The zero-order chi connectivity index (χ0) is 19.4. The molecule has 0 fully saturated rings. The van der Waals surface area contributed by atoms with Gasteiger partial charge in [0.05, 0.1) is 11.6 Å². The maximum atomic E-state index is 12.5. The van der Waals surface area contributed by atoms with Gasteiger partial charge in [0.1, 0.15) is 5.76 Å². The van der Waals surface area contributed by atoms with Crippen LogP contribution in [0.3, 0.4) is 0 Å². The summed E-state index contributed by atoms with van der Waals surface area (Å²) in [5, 5.41) is 19.8. The van der Waals surface area contributed by atoms with Gasteiger partial charge in [0.15, 0.2) is 5.78 Å². The number of aliphatic hydroxyl groups is 1. The van der Waals surface area contributed by atoms with E-state index in [2.05, 4.69) is 6.07 Å². The molecule has 0 heterocycles. The molecule has 0 bridgehead atoms. The highest BCUT2D eigenvalue weighted by Gasteiger charge is 2.29. The van der Waals surface area contributed by atoms with E-state index in [-0.39, 0.29) is 17.5 Å². The van der Waals surface area contributed by atoms with Gasteiger partial charge in [0, 0.05) is 17.1 Å². The molecule has 0 radical (unpaired) electrons. The van der Waals surface area contributed by atoms with E-state index < -0.39 is 0 Å². The summed E-state index contributed by atoms with van der Waals surface area (Å²) in [6.45, 7) is 9.33. The van der Waals surface area contributed by atoms with Gasteiger partial charge in [-0.1, -0.05) is 29.4 Å². The summed E-state index contributed by atoms with van der Waals surface area (Å²) in [5.41, 5.74) is 5.80. The van der Waals surface area contributed by atoms with Gasteiger partial charge in [-0.15, -0.1) is 0 Å². The molecule has 0 aromatic heterocycles. The highest BCUT2D eigenvalue weighted by Crippen LogP contribution is 2.40. The van der Waals surface area contributed by atoms with Crippen LogP contribution in [-0.4, -0.2) is 10.9 Å². The molecule has 1 unspecified atom stereocenters. The van der Waals surface area contributed by atoms with Crippen molar-refractivity contribution in [3.05, 3.63) is 81.2 Å². The molecule has 1 aliphatic carbocycles. The van der Waals surface area contributed by atoms with Crippen LogP contribution < -0.4 is 0 Å². The number of carbonyl (C=O) groups excluding carboxylic acids is 1. The number of allylic oxidation sites excluding steroid dienone is 7. The molecular formula is C23H25NO2. The Morgan fingerprint density at radius 1 is 1.19 bits per heavy atom. The summed E-state index contributed by atoms with van der Waals surface area (Å²) in [6, 6.07) is 7.63. The van der Waals surface area contributed by atoms with E-state index in [4.69, 9.17) is 5.26 Å². The molecule has 0 saturated heterocycles. The Labute approximate surface area is 155 Å². The summed E-state index contributed by atoms with van der Waals surface area (Å²) >= 11 is 0. The number of rotatable bonds is 4. The van der Waals surface area contributed by atoms with E-state index in [1.807, 2.05) is 52.0 Å². The molecule has 0 spiro atoms. The number of nitriles is 1. The molecule has 3 nitrogen and oxygen atoms in total. The van der Waals surface area contributed by atoms with Crippen LogP contribution in [0.15, 0.2) is 64.5 Å². The smallest absolute Gasteiger partial charge is 0.156 e. The van der Waals surface area contributed by atoms with Crippen LogP contribution in [0.1, 0.15) is 56.7 Å². The lowest BCUT2D eigenvalue weighted by atomic mass is 9.78. The van der Waals surface area contributed by atoms with Crippen molar-refractivity contribution in [3.8, 4) is 6.07 Å². The molecule has 134 valence electrons. The first-order chi connectivity index (χ1) is 12.3. The second-order valence-electron chi connectivity index (χ2n) is 6.96. The second-order valence-corrected chi connectivity index (χ2v) is 6.96. The van der Waals surface area contributed by atoms with Crippen molar-refractivity contribution in [1.29, 1.82) is 5.26 Å². The van der Waals surface area contributed by atoms with E-state index in [9.17, 15) is 9.90 Å². The predicted octanol–water partition coefficient (Wildman–Crippen LogP) is 5.59. The first-order valence-corrected chi connectivity index (χ1v) is 8.73. The summed E-state index contributed by atoms with van der Waals surface area (Å²) in [4.78, 5) is 12.5. The number of Topliss-reactive ketones (excluding diaryl/α,β-unsaturated/α-hetero) is 1. The second kappa shape index (κ2) is 8.01. The molecule has 1 atom stereocenters. The third kappa shape index (κ3) is 4.03. The maximum Gasteiger partial charge on any atom is 0.156 e. The van der Waals surface area contributed by atoms with Gasteiger partial charge in [0.2, 0.25) is 0 Å². The number of aliphatic hydroxyl groups excluding tert-OH is 1. The molecule has 1 aromatic rings. The highest BCUT2D eigenvalue weighted by molar-refractivity contribution is 5.96. The minimum Gasteiger partial charge on any atom is -0.508 e. The predicted molar refractivity (Wildman–Crippen MR) is 105 cm³/mol. The molecule has 0 saturated carbocycles. The maximum absolute atomic E-state index is 12.5. The largest absolute Gasteiger partial charge is 0.508 e. The Balaban J connectivity index is 2.80. The monoisotopic (exact) mass is 347 g/mol. The molecule has 0 amide bonds. The number of hydrogen-bond donors (Lipinski definition) is 1. The van der Waals surface area contributed by atoms with Crippen LogP contribution in [0.2, 0.25) is 0 Å². The topological polar surface area (TPSA) is 61.1 Å². The average Bonchev–Trinajstić information content (AvgIpc) is 2.73. The molecule has 3 heteroatoms. The number of benzene rings is 1. The molecular weight excluding hydrogens is 322 g/mol. The Kier molecular flexibility index (Phi) is 6.00. The minimum absolute atomic E-state index is 0.0154. The molecule has 0 aliphatic heterocycles. The number of carbonyl (C=O) groups is 1. The number of aryl methyl sites for hydroxylation is 1. The van der Waals surface area contributed by atoms with Gasteiger partial charge in [0.25, 0.3) is 0 Å². The van der Waals surface area contributed by atoms with Crippen molar-refractivity contribution < 1.29 is 9.90 Å². The van der Waals surface area contributed by atoms with Crippen LogP contribution in [0.4, 0.5) is 0 Å². The molecule has 1 aromatic carbocycles. The lowest BCUT2D eigenvalue weighted by Gasteiger charge is -2.25. The van der Waals surface area contributed by atoms with Gasteiger partial charge >= 0.3 is 0 Å². The lowest BCUT2D eigenvalue weighted by molar-refractivity contribution is -0.113. The molecule has 2 rings (SSSR count). The zero-order valence-corrected chi connectivity index (χ0v) is 16.1. The van der Waals surface area contributed by atoms with Crippen LogP contribution in [-0.2, 0) is 4.79 Å². The summed E-state index contributed by atoms with van der Waals surface area (Å²) in [5.74, 6) is -0.187. The van der Waals surface area contributed by atoms with Crippen molar-refractivity contribution in [2.45, 2.75) is 47.0 Å². The Bertz CT molecular complexity index is 901. The van der Waals surface area contributed by atoms with Crippen molar-refractivity contribution in [2.24, 2.45) is 0 Å². The fourth-order valence-corrected chi connectivity index (χ4v) is 3.48. The third-order valence-corrected chi connectivity index (χ3v) is 4.66. The van der Waals surface area contributed by atoms with Crippen molar-refractivity contribution in [2.75, 3.05) is 0 Å². The zero-order valence-electron chi connectivity index (χ0n) is 16.1. The Morgan fingerprint density at radius 3 is 2.42 bits per heavy atom. The fourth-order valence-electron chi connectivity index (χ4n) is 3.48. The van der Waals surface area contributed by atoms with E-state index in [1.165, 1.54) is 0 Å². The van der Waals surface area contributed by atoms with Crippen LogP contribution >= 0.6 is 0 Å². The number of nitrogens with zero attached hydrogens (tertiary/aromatic N) is 1. The van der Waals surface area contributed by atoms with Gasteiger partial charge in [-0.25, -0.2) is 0 Å². The third-order valence-electron chi connectivity index (χ3n) is 4.66. The summed E-state index contributed by atoms with van der Waals surface area (Å²) in [7, 11) is 0. The Morgan fingerprint density at radius 2 is 1.88 bits per heavy atom. The fraction of sp³-hybridized carbons (Fsp3) is 0.304. The van der Waals surface area contributed by atoms with Gasteiger partial charge in [-0.05, 0) is 70.4 Å². The van der Waals surface area contributed by atoms with Gasteiger partial charge < -0.3 is 5.11 Å². The van der Waals surface area contributed by atoms with Crippen molar-refractivity contribution in [3.63, 3.8) is 0 Å². The van der Waals surface area contributed by atoms with E-state index >= 15 is 0 Å². The van der Waals surface area contributed by atoms with E-state index in [0.29, 0.717) is 17.6 Å². The quantitative estimate of drug-likeness (QED) is 0.722. The average molecular weight is 347 g/mol.